The van der Waals surface area contributed by atoms with E-state index >= 15 is 0 Å². The van der Waals surface area contributed by atoms with E-state index < -0.39 is 5.97 Å². The standard InChI is InChI=1S/C34H29N3O2/c1-3-8-32-36-33-22(2)19-26(30-18-17-25-9-4-7-12-29(25)35-30)20-31(33)37(32)21-23-13-15-24(16-14-23)27-10-5-6-11-28(27)34(38)39/h4-7,9-20H,3,8,21H2,1-2H3,(H,38,39). The van der Waals surface area contributed by atoms with Gasteiger partial charge in [0.1, 0.15) is 5.82 Å². The number of carboxylic acids is 1. The van der Waals surface area contributed by atoms with Gasteiger partial charge >= 0.3 is 5.97 Å². The molecule has 0 aliphatic carbocycles. The second kappa shape index (κ2) is 10.2. The minimum atomic E-state index is -0.921. The molecule has 0 radical (unpaired) electrons. The zero-order valence-electron chi connectivity index (χ0n) is 22.1. The van der Waals surface area contributed by atoms with Crippen LogP contribution in [0.1, 0.15) is 40.7 Å². The van der Waals surface area contributed by atoms with Gasteiger partial charge in [0.25, 0.3) is 0 Å². The molecule has 0 bridgehead atoms. The number of para-hydroxylation sites is 1. The van der Waals surface area contributed by atoms with Crippen molar-refractivity contribution in [2.24, 2.45) is 0 Å². The maximum atomic E-state index is 11.7. The number of nitrogens with zero attached hydrogens (tertiary/aromatic N) is 3. The molecule has 0 saturated heterocycles. The highest BCUT2D eigenvalue weighted by Gasteiger charge is 2.16. The number of aryl methyl sites for hydroxylation is 2. The van der Waals surface area contributed by atoms with Crippen LogP contribution in [-0.2, 0) is 13.0 Å². The van der Waals surface area contributed by atoms with Crippen LogP contribution < -0.4 is 0 Å². The lowest BCUT2D eigenvalue weighted by Gasteiger charge is -2.12. The Morgan fingerprint density at radius 2 is 1.62 bits per heavy atom. The van der Waals surface area contributed by atoms with Crippen molar-refractivity contribution >= 4 is 27.9 Å². The number of fused-ring (bicyclic) bond motifs is 2. The summed E-state index contributed by atoms with van der Waals surface area (Å²) in [5, 5.41) is 10.7. The smallest absolute Gasteiger partial charge is 0.336 e. The zero-order valence-corrected chi connectivity index (χ0v) is 22.1. The van der Waals surface area contributed by atoms with E-state index in [0.717, 1.165) is 74.1 Å². The first-order chi connectivity index (χ1) is 19.0. The van der Waals surface area contributed by atoms with Crippen LogP contribution in [0, 0.1) is 6.92 Å². The molecule has 0 atom stereocenters. The summed E-state index contributed by atoms with van der Waals surface area (Å²) in [6, 6.07) is 32.1. The molecule has 0 aliphatic heterocycles. The maximum absolute atomic E-state index is 11.7. The average Bonchev–Trinajstić information content (AvgIpc) is 3.30. The molecule has 2 heterocycles. The van der Waals surface area contributed by atoms with Gasteiger partial charge in [0.2, 0.25) is 0 Å². The van der Waals surface area contributed by atoms with Crippen molar-refractivity contribution in [1.82, 2.24) is 14.5 Å². The molecular weight excluding hydrogens is 482 g/mol. The molecule has 0 fully saturated rings. The van der Waals surface area contributed by atoms with Crippen molar-refractivity contribution < 1.29 is 9.90 Å². The van der Waals surface area contributed by atoms with E-state index in [2.05, 4.69) is 60.9 Å². The lowest BCUT2D eigenvalue weighted by molar-refractivity contribution is 0.0697. The number of carboxylic acid groups (broad SMARTS) is 1. The SMILES string of the molecule is CCCc1nc2c(C)cc(-c3ccc4ccccc4n3)cc2n1Cc1ccc(-c2ccccc2C(=O)O)cc1. The van der Waals surface area contributed by atoms with Gasteiger partial charge in [-0.1, -0.05) is 73.7 Å². The minimum Gasteiger partial charge on any atom is -0.478 e. The molecule has 1 N–H and O–H groups in total. The average molecular weight is 512 g/mol. The summed E-state index contributed by atoms with van der Waals surface area (Å²) >= 11 is 0. The topological polar surface area (TPSA) is 68.0 Å². The second-order valence-electron chi connectivity index (χ2n) is 9.96. The number of pyridine rings is 1. The van der Waals surface area contributed by atoms with Crippen LogP contribution in [0.5, 0.6) is 0 Å². The van der Waals surface area contributed by atoms with Crippen LogP contribution in [0.25, 0.3) is 44.3 Å². The number of imidazole rings is 1. The maximum Gasteiger partial charge on any atom is 0.336 e. The number of aromatic nitrogens is 3. The molecule has 5 nitrogen and oxygen atoms in total. The molecule has 0 amide bonds. The lowest BCUT2D eigenvalue weighted by atomic mass is 9.98. The molecule has 0 spiro atoms. The fourth-order valence-electron chi connectivity index (χ4n) is 5.30. The second-order valence-corrected chi connectivity index (χ2v) is 9.96. The van der Waals surface area contributed by atoms with Crippen LogP contribution >= 0.6 is 0 Å². The summed E-state index contributed by atoms with van der Waals surface area (Å²) in [4.78, 5) is 21.7. The Morgan fingerprint density at radius 1 is 0.846 bits per heavy atom. The van der Waals surface area contributed by atoms with Gasteiger partial charge in [0.05, 0.1) is 27.8 Å². The largest absolute Gasteiger partial charge is 0.478 e. The Labute approximate surface area is 227 Å². The third kappa shape index (κ3) is 4.68. The number of rotatable bonds is 7. The van der Waals surface area contributed by atoms with Crippen LogP contribution in [-0.4, -0.2) is 25.6 Å². The van der Waals surface area contributed by atoms with E-state index in [4.69, 9.17) is 9.97 Å². The summed E-state index contributed by atoms with van der Waals surface area (Å²) < 4.78 is 2.32. The monoisotopic (exact) mass is 511 g/mol. The van der Waals surface area contributed by atoms with Gasteiger partial charge < -0.3 is 9.67 Å². The van der Waals surface area contributed by atoms with Gasteiger partial charge in [0, 0.05) is 23.9 Å². The first kappa shape index (κ1) is 24.6. The number of benzene rings is 4. The number of hydrogen-bond donors (Lipinski definition) is 1. The number of hydrogen-bond acceptors (Lipinski definition) is 3. The first-order valence-electron chi connectivity index (χ1n) is 13.3. The molecule has 6 aromatic rings. The van der Waals surface area contributed by atoms with Gasteiger partial charge in [-0.25, -0.2) is 14.8 Å². The Morgan fingerprint density at radius 3 is 2.41 bits per heavy atom. The van der Waals surface area contributed by atoms with E-state index in [1.165, 1.54) is 0 Å². The first-order valence-corrected chi connectivity index (χ1v) is 13.3. The Balaban J connectivity index is 1.40. The van der Waals surface area contributed by atoms with Crippen LogP contribution in [0.2, 0.25) is 0 Å². The van der Waals surface area contributed by atoms with Gasteiger partial charge in [-0.05, 0) is 65.9 Å². The fraction of sp³-hybridized carbons (Fsp3) is 0.147. The molecule has 4 aromatic carbocycles. The van der Waals surface area contributed by atoms with E-state index in [1.807, 2.05) is 42.5 Å². The van der Waals surface area contributed by atoms with E-state index in [0.29, 0.717) is 12.1 Å². The van der Waals surface area contributed by atoms with Crippen LogP contribution in [0.3, 0.4) is 0 Å². The fourth-order valence-corrected chi connectivity index (χ4v) is 5.30. The number of carbonyl (C=O) groups is 1. The molecule has 0 saturated carbocycles. The summed E-state index contributed by atoms with van der Waals surface area (Å²) in [6.07, 6.45) is 1.90. The highest BCUT2D eigenvalue weighted by molar-refractivity contribution is 5.96. The number of aromatic carboxylic acids is 1. The van der Waals surface area contributed by atoms with Gasteiger partial charge in [0.15, 0.2) is 0 Å². The summed E-state index contributed by atoms with van der Waals surface area (Å²) in [6.45, 7) is 4.98. The zero-order chi connectivity index (χ0) is 26.9. The van der Waals surface area contributed by atoms with Crippen molar-refractivity contribution in [3.8, 4) is 22.4 Å². The van der Waals surface area contributed by atoms with Crippen LogP contribution in [0.15, 0.2) is 97.1 Å². The van der Waals surface area contributed by atoms with Gasteiger partial charge in [-0.3, -0.25) is 0 Å². The highest BCUT2D eigenvalue weighted by Crippen LogP contribution is 2.30. The molecule has 5 heteroatoms. The molecular formula is C34H29N3O2. The normalized spacial score (nSPS) is 11.3. The van der Waals surface area contributed by atoms with Crippen LogP contribution in [0.4, 0.5) is 0 Å². The minimum absolute atomic E-state index is 0.307. The van der Waals surface area contributed by atoms with E-state index in [1.54, 1.807) is 12.1 Å². The predicted octanol–water partition coefficient (Wildman–Crippen LogP) is 7.93. The molecule has 2 aromatic heterocycles. The molecule has 39 heavy (non-hydrogen) atoms. The van der Waals surface area contributed by atoms with Crippen molar-refractivity contribution in [2.45, 2.75) is 33.2 Å². The third-order valence-electron chi connectivity index (χ3n) is 7.25. The highest BCUT2D eigenvalue weighted by atomic mass is 16.4. The van der Waals surface area contributed by atoms with E-state index in [9.17, 15) is 9.90 Å². The lowest BCUT2D eigenvalue weighted by Crippen LogP contribution is -2.05. The van der Waals surface area contributed by atoms with Crippen molar-refractivity contribution in [1.29, 1.82) is 0 Å². The van der Waals surface area contributed by atoms with E-state index in [-0.39, 0.29) is 0 Å². The Kier molecular flexibility index (Phi) is 6.41. The molecule has 6 rings (SSSR count). The summed E-state index contributed by atoms with van der Waals surface area (Å²) in [5.74, 6) is 0.148. The Hall–Kier alpha value is -4.77. The Bertz CT molecular complexity index is 1830. The van der Waals surface area contributed by atoms with Gasteiger partial charge in [-0.2, -0.15) is 0 Å². The molecule has 0 unspecified atom stereocenters. The quantitative estimate of drug-likeness (QED) is 0.236. The molecule has 192 valence electrons. The summed E-state index contributed by atoms with van der Waals surface area (Å²) in [5.41, 5.74) is 9.32. The van der Waals surface area contributed by atoms with Gasteiger partial charge in [-0.15, -0.1) is 0 Å². The third-order valence-corrected chi connectivity index (χ3v) is 7.25. The molecule has 0 aliphatic rings. The van der Waals surface area contributed by atoms with Crippen molar-refractivity contribution in [2.75, 3.05) is 0 Å². The van der Waals surface area contributed by atoms with Crippen molar-refractivity contribution in [3.63, 3.8) is 0 Å². The van der Waals surface area contributed by atoms with Crippen molar-refractivity contribution in [3.05, 3.63) is 120 Å². The summed E-state index contributed by atoms with van der Waals surface area (Å²) in [7, 11) is 0. The predicted molar refractivity (Wildman–Crippen MR) is 157 cm³/mol.